The maximum atomic E-state index is 12.0. The van der Waals surface area contributed by atoms with Gasteiger partial charge in [0.05, 0.1) is 5.92 Å². The lowest BCUT2D eigenvalue weighted by atomic mass is 9.38. The predicted octanol–water partition coefficient (Wildman–Crippen LogP) is 4.90. The Balaban J connectivity index is 1.59. The third kappa shape index (κ3) is 1.63. The summed E-state index contributed by atoms with van der Waals surface area (Å²) in [6.07, 6.45) is 15.2. The topological polar surface area (TPSA) is 37.3 Å². The molecule has 6 aliphatic rings. The van der Waals surface area contributed by atoms with Gasteiger partial charge in [-0.25, -0.2) is 0 Å². The number of hydrogen-bond acceptors (Lipinski definition) is 1. The fraction of sp³-hybridized carbons (Fsp3) is 0.857. The molecule has 5 saturated carbocycles. The zero-order valence-corrected chi connectivity index (χ0v) is 14.6. The van der Waals surface area contributed by atoms with Crippen molar-refractivity contribution in [3.8, 4) is 0 Å². The smallest absolute Gasteiger partial charge is 0.307 e. The van der Waals surface area contributed by atoms with Crippen LogP contribution in [0.4, 0.5) is 0 Å². The van der Waals surface area contributed by atoms with Gasteiger partial charge in [0.25, 0.3) is 0 Å². The number of rotatable bonds is 3. The van der Waals surface area contributed by atoms with Gasteiger partial charge in [-0.3, -0.25) is 4.79 Å². The zero-order valence-electron chi connectivity index (χ0n) is 14.6. The second-order valence-corrected chi connectivity index (χ2v) is 10.3. The van der Waals surface area contributed by atoms with Crippen molar-refractivity contribution in [1.82, 2.24) is 0 Å². The third-order valence-corrected chi connectivity index (χ3v) is 9.25. The van der Waals surface area contributed by atoms with E-state index in [0.717, 1.165) is 30.6 Å². The molecule has 126 valence electrons. The second-order valence-electron chi connectivity index (χ2n) is 10.3. The molecule has 0 amide bonds. The van der Waals surface area contributed by atoms with Gasteiger partial charge in [-0.15, -0.1) is 0 Å². The number of carbonyl (C=O) groups is 1. The van der Waals surface area contributed by atoms with E-state index in [-0.39, 0.29) is 16.7 Å². The summed E-state index contributed by atoms with van der Waals surface area (Å²) in [5.74, 6) is 2.62. The molecule has 23 heavy (non-hydrogen) atoms. The van der Waals surface area contributed by atoms with Gasteiger partial charge in [0.1, 0.15) is 0 Å². The number of hydrogen-bond donors (Lipinski definition) is 1. The Hall–Kier alpha value is -0.790. The van der Waals surface area contributed by atoms with Crippen LogP contribution in [0.5, 0.6) is 0 Å². The average molecular weight is 314 g/mol. The highest BCUT2D eigenvalue weighted by atomic mass is 16.4. The molecule has 6 bridgehead atoms. The molecule has 0 aromatic rings. The standard InChI is InChI=1S/C21H30O2/c1-19(2,21-4-3-13(12-21)8-17(21)18(22)23)20-9-14-5-15(10-20)7-16(6-14)11-20/h3-4,13-17H,5-12H2,1-2H3,(H,22,23). The Morgan fingerprint density at radius 2 is 1.57 bits per heavy atom. The summed E-state index contributed by atoms with van der Waals surface area (Å²) in [5.41, 5.74) is 0.426. The van der Waals surface area contributed by atoms with Crippen molar-refractivity contribution in [2.45, 2.75) is 65.2 Å². The van der Waals surface area contributed by atoms with Gasteiger partial charge >= 0.3 is 5.97 Å². The van der Waals surface area contributed by atoms with Crippen LogP contribution in [0.25, 0.3) is 0 Å². The summed E-state index contributed by atoms with van der Waals surface area (Å²) in [4.78, 5) is 12.0. The van der Waals surface area contributed by atoms with Gasteiger partial charge < -0.3 is 5.11 Å². The lowest BCUT2D eigenvalue weighted by Crippen LogP contribution is -2.59. The maximum absolute atomic E-state index is 12.0. The number of aliphatic carboxylic acids is 1. The van der Waals surface area contributed by atoms with E-state index < -0.39 is 5.97 Å². The first-order valence-corrected chi connectivity index (χ1v) is 9.77. The Morgan fingerprint density at radius 3 is 2.04 bits per heavy atom. The van der Waals surface area contributed by atoms with E-state index in [0.29, 0.717) is 11.3 Å². The minimum atomic E-state index is -0.547. The summed E-state index contributed by atoms with van der Waals surface area (Å²) < 4.78 is 0. The lowest BCUT2D eigenvalue weighted by Gasteiger charge is -2.66. The molecular formula is C21H30O2. The van der Waals surface area contributed by atoms with Gasteiger partial charge in [-0.05, 0) is 85.9 Å². The molecule has 6 aliphatic carbocycles. The van der Waals surface area contributed by atoms with E-state index in [9.17, 15) is 9.90 Å². The van der Waals surface area contributed by atoms with Crippen LogP contribution in [0.2, 0.25) is 0 Å². The molecule has 0 aromatic heterocycles. The van der Waals surface area contributed by atoms with Crippen LogP contribution in [0.15, 0.2) is 12.2 Å². The molecule has 2 heteroatoms. The van der Waals surface area contributed by atoms with Crippen molar-refractivity contribution in [2.75, 3.05) is 0 Å². The first kappa shape index (κ1) is 14.5. The van der Waals surface area contributed by atoms with Gasteiger partial charge in [-0.1, -0.05) is 26.0 Å². The zero-order chi connectivity index (χ0) is 16.0. The predicted molar refractivity (Wildman–Crippen MR) is 89.8 cm³/mol. The van der Waals surface area contributed by atoms with Crippen LogP contribution in [-0.4, -0.2) is 11.1 Å². The van der Waals surface area contributed by atoms with E-state index in [2.05, 4.69) is 26.0 Å². The first-order valence-electron chi connectivity index (χ1n) is 9.77. The summed E-state index contributed by atoms with van der Waals surface area (Å²) >= 11 is 0. The normalized spacial score (nSPS) is 53.2. The molecule has 0 heterocycles. The minimum absolute atomic E-state index is 0.0881. The second kappa shape index (κ2) is 4.24. The quantitative estimate of drug-likeness (QED) is 0.753. The highest BCUT2D eigenvalue weighted by molar-refractivity contribution is 5.73. The summed E-state index contributed by atoms with van der Waals surface area (Å²) in [6, 6.07) is 0. The SMILES string of the molecule is CC(C)(C12CC3CC(CC(C3)C1)C2)C12C=CC(CC1C(=O)O)C2. The Bertz CT molecular complexity index is 551. The van der Waals surface area contributed by atoms with E-state index in [1.54, 1.807) is 0 Å². The van der Waals surface area contributed by atoms with E-state index in [4.69, 9.17) is 0 Å². The Labute approximate surface area is 139 Å². The minimum Gasteiger partial charge on any atom is -0.481 e. The lowest BCUT2D eigenvalue weighted by molar-refractivity contribution is -0.174. The van der Waals surface area contributed by atoms with Crippen molar-refractivity contribution >= 4 is 5.97 Å². The van der Waals surface area contributed by atoms with E-state index in [1.165, 1.54) is 38.5 Å². The monoisotopic (exact) mass is 314 g/mol. The molecule has 3 atom stereocenters. The van der Waals surface area contributed by atoms with Crippen molar-refractivity contribution in [2.24, 2.45) is 45.8 Å². The van der Waals surface area contributed by atoms with Crippen LogP contribution in [0, 0.1) is 45.8 Å². The Morgan fingerprint density at radius 1 is 1.00 bits per heavy atom. The highest BCUT2D eigenvalue weighted by Crippen LogP contribution is 2.74. The highest BCUT2D eigenvalue weighted by Gasteiger charge is 2.67. The van der Waals surface area contributed by atoms with E-state index in [1.807, 2.05) is 0 Å². The molecule has 2 nitrogen and oxygen atoms in total. The van der Waals surface area contributed by atoms with Crippen LogP contribution in [-0.2, 0) is 4.79 Å². The van der Waals surface area contributed by atoms with Crippen molar-refractivity contribution in [1.29, 1.82) is 0 Å². The first-order chi connectivity index (χ1) is 10.9. The van der Waals surface area contributed by atoms with Crippen LogP contribution in [0.1, 0.15) is 65.2 Å². The third-order valence-electron chi connectivity index (χ3n) is 9.25. The molecule has 0 saturated heterocycles. The fourth-order valence-electron chi connectivity index (χ4n) is 8.40. The van der Waals surface area contributed by atoms with E-state index >= 15 is 0 Å². The van der Waals surface area contributed by atoms with Crippen LogP contribution in [0.3, 0.4) is 0 Å². The molecular weight excluding hydrogens is 284 g/mol. The largest absolute Gasteiger partial charge is 0.481 e. The number of fused-ring (bicyclic) bond motifs is 2. The molecule has 3 unspecified atom stereocenters. The molecule has 0 radical (unpaired) electrons. The summed E-state index contributed by atoms with van der Waals surface area (Å²) in [6.45, 7) is 4.90. The number of carboxylic acids is 1. The molecule has 5 fully saturated rings. The van der Waals surface area contributed by atoms with Crippen molar-refractivity contribution < 1.29 is 9.90 Å². The van der Waals surface area contributed by atoms with Crippen molar-refractivity contribution in [3.05, 3.63) is 12.2 Å². The fourth-order valence-corrected chi connectivity index (χ4v) is 8.40. The van der Waals surface area contributed by atoms with Gasteiger partial charge in [0.15, 0.2) is 0 Å². The molecule has 0 aromatic carbocycles. The van der Waals surface area contributed by atoms with Gasteiger partial charge in [0, 0.05) is 5.41 Å². The van der Waals surface area contributed by atoms with Crippen LogP contribution < -0.4 is 0 Å². The number of carboxylic acid groups (broad SMARTS) is 1. The molecule has 0 aliphatic heterocycles. The number of allylic oxidation sites excluding steroid dienone is 2. The van der Waals surface area contributed by atoms with Crippen molar-refractivity contribution in [3.63, 3.8) is 0 Å². The molecule has 0 spiro atoms. The Kier molecular flexibility index (Phi) is 2.68. The maximum Gasteiger partial charge on any atom is 0.307 e. The molecule has 6 rings (SSSR count). The van der Waals surface area contributed by atoms with Crippen LogP contribution >= 0.6 is 0 Å². The van der Waals surface area contributed by atoms with Gasteiger partial charge in [0.2, 0.25) is 0 Å². The summed E-state index contributed by atoms with van der Waals surface area (Å²) in [7, 11) is 0. The van der Waals surface area contributed by atoms with Gasteiger partial charge in [-0.2, -0.15) is 0 Å². The average Bonchev–Trinajstić information content (AvgIpc) is 3.05. The molecule has 1 N–H and O–H groups in total. The summed E-state index contributed by atoms with van der Waals surface area (Å²) in [5, 5.41) is 9.91.